The van der Waals surface area contributed by atoms with Crippen LogP contribution in [0.2, 0.25) is 5.02 Å². The maximum atomic E-state index is 13.7. The Hall–Kier alpha value is -4.13. The van der Waals surface area contributed by atoms with Crippen LogP contribution in [-0.4, -0.2) is 40.9 Å². The fraction of sp³-hybridized carbons (Fsp3) is 0.111. The number of halogens is 1. The van der Waals surface area contributed by atoms with Crippen molar-refractivity contribution in [1.29, 1.82) is 0 Å². The van der Waals surface area contributed by atoms with Gasteiger partial charge in [-0.1, -0.05) is 29.8 Å². The molecule has 1 aromatic heterocycles. The van der Waals surface area contributed by atoms with Gasteiger partial charge in [-0.15, -0.1) is 0 Å². The second-order valence-electron chi connectivity index (χ2n) is 8.26. The summed E-state index contributed by atoms with van der Waals surface area (Å²) in [7, 11) is -8.13. The highest BCUT2D eigenvalue weighted by molar-refractivity contribution is 7.93. The molecule has 0 aliphatic rings. The molecule has 1 heterocycles. The van der Waals surface area contributed by atoms with Crippen molar-refractivity contribution in [3.63, 3.8) is 0 Å². The minimum atomic E-state index is -4.21. The monoisotopic (exact) mass is 600 g/mol. The molecule has 4 aromatic rings. The number of hydrogen-bond donors (Lipinski definition) is 2. The van der Waals surface area contributed by atoms with Crippen LogP contribution >= 0.6 is 11.6 Å². The van der Waals surface area contributed by atoms with Gasteiger partial charge in [-0.25, -0.2) is 21.8 Å². The van der Waals surface area contributed by atoms with E-state index < -0.39 is 32.5 Å². The molecule has 0 aliphatic heterocycles. The standard InChI is InChI=1S/C27H25ClN4O6S2/c1-2-38-25-8-4-3-7-24(25)32(40(36,37)23-14-10-20(28)11-15-23)19-27(33)30-21-12-16-22(17-13-21)39(34,35)31-26-9-5-6-18-29-26/h3-18H,2,19H2,1H3,(H,29,31)(H,30,33). The first kappa shape index (κ1) is 28.9. The number of rotatable bonds is 11. The SMILES string of the molecule is CCOc1ccccc1N(CC(=O)Nc1ccc(S(=O)(=O)Nc2ccccn2)cc1)S(=O)(=O)c1ccc(Cl)cc1. The van der Waals surface area contributed by atoms with Crippen LogP contribution in [0.5, 0.6) is 5.75 Å². The number of amides is 1. The van der Waals surface area contributed by atoms with Gasteiger partial charge in [0.15, 0.2) is 0 Å². The van der Waals surface area contributed by atoms with Gasteiger partial charge < -0.3 is 10.1 Å². The van der Waals surface area contributed by atoms with E-state index >= 15 is 0 Å². The molecule has 13 heteroatoms. The summed E-state index contributed by atoms with van der Waals surface area (Å²) in [6.45, 7) is 1.45. The summed E-state index contributed by atoms with van der Waals surface area (Å²) in [5.41, 5.74) is 0.445. The first-order chi connectivity index (χ1) is 19.1. The number of carbonyl (C=O) groups is 1. The van der Waals surface area contributed by atoms with E-state index in [0.29, 0.717) is 5.02 Å². The lowest BCUT2D eigenvalue weighted by Gasteiger charge is -2.26. The van der Waals surface area contributed by atoms with E-state index in [4.69, 9.17) is 16.3 Å². The fourth-order valence-corrected chi connectivity index (χ4v) is 6.21. The van der Waals surface area contributed by atoms with Crippen LogP contribution < -0.4 is 19.1 Å². The summed E-state index contributed by atoms with van der Waals surface area (Å²) in [5.74, 6) is -0.217. The Labute approximate surface area is 237 Å². The molecule has 0 fully saturated rings. The number of anilines is 3. The predicted octanol–water partition coefficient (Wildman–Crippen LogP) is 4.77. The summed E-state index contributed by atoms with van der Waals surface area (Å²) in [5, 5.41) is 2.98. The van der Waals surface area contributed by atoms with E-state index in [9.17, 15) is 21.6 Å². The molecule has 0 bridgehead atoms. The second kappa shape index (κ2) is 12.4. The molecule has 0 saturated heterocycles. The molecule has 208 valence electrons. The number of pyridine rings is 1. The molecule has 0 saturated carbocycles. The molecule has 3 aromatic carbocycles. The van der Waals surface area contributed by atoms with Crippen LogP contribution in [0.4, 0.5) is 17.2 Å². The Kier molecular flexibility index (Phi) is 8.93. The molecule has 1 amide bonds. The lowest BCUT2D eigenvalue weighted by molar-refractivity contribution is -0.114. The summed E-state index contributed by atoms with van der Waals surface area (Å²) in [4.78, 5) is 16.9. The minimum Gasteiger partial charge on any atom is -0.492 e. The molecule has 40 heavy (non-hydrogen) atoms. The highest BCUT2D eigenvalue weighted by atomic mass is 35.5. The van der Waals surface area contributed by atoms with Crippen LogP contribution in [-0.2, 0) is 24.8 Å². The normalized spacial score (nSPS) is 11.4. The largest absolute Gasteiger partial charge is 0.492 e. The third kappa shape index (κ3) is 6.89. The van der Waals surface area contributed by atoms with Crippen molar-refractivity contribution in [1.82, 2.24) is 4.98 Å². The zero-order valence-electron chi connectivity index (χ0n) is 21.2. The third-order valence-electron chi connectivity index (χ3n) is 5.47. The number of hydrogen-bond acceptors (Lipinski definition) is 7. The van der Waals surface area contributed by atoms with Crippen molar-refractivity contribution in [3.8, 4) is 5.75 Å². The lowest BCUT2D eigenvalue weighted by Crippen LogP contribution is -2.38. The third-order valence-corrected chi connectivity index (χ3v) is 8.87. The summed E-state index contributed by atoms with van der Waals surface area (Å²) in [6.07, 6.45) is 1.46. The fourth-order valence-electron chi connectivity index (χ4n) is 3.64. The lowest BCUT2D eigenvalue weighted by atomic mass is 10.3. The Morgan fingerprint density at radius 2 is 1.52 bits per heavy atom. The Morgan fingerprint density at radius 1 is 0.875 bits per heavy atom. The van der Waals surface area contributed by atoms with E-state index in [1.54, 1.807) is 43.3 Å². The van der Waals surface area contributed by atoms with Gasteiger partial charge in [0, 0.05) is 16.9 Å². The number of sulfonamides is 2. The van der Waals surface area contributed by atoms with Gasteiger partial charge in [-0.05, 0) is 79.7 Å². The Bertz CT molecular complexity index is 1680. The number of ether oxygens (including phenoxy) is 1. The van der Waals surface area contributed by atoms with E-state index in [0.717, 1.165) is 4.31 Å². The van der Waals surface area contributed by atoms with Gasteiger partial charge in [0.05, 0.1) is 22.1 Å². The number of aromatic nitrogens is 1. The van der Waals surface area contributed by atoms with Crippen LogP contribution in [0.1, 0.15) is 6.92 Å². The number of para-hydroxylation sites is 2. The van der Waals surface area contributed by atoms with Crippen LogP contribution in [0.25, 0.3) is 0 Å². The zero-order valence-corrected chi connectivity index (χ0v) is 23.6. The van der Waals surface area contributed by atoms with Crippen molar-refractivity contribution in [2.24, 2.45) is 0 Å². The molecule has 2 N–H and O–H groups in total. The smallest absolute Gasteiger partial charge is 0.264 e. The highest BCUT2D eigenvalue weighted by Gasteiger charge is 2.29. The van der Waals surface area contributed by atoms with Gasteiger partial charge in [0.25, 0.3) is 20.0 Å². The summed E-state index contributed by atoms with van der Waals surface area (Å²) < 4.78 is 61.6. The number of carbonyl (C=O) groups excluding carboxylic acids is 1. The van der Waals surface area contributed by atoms with Gasteiger partial charge in [-0.2, -0.15) is 0 Å². The van der Waals surface area contributed by atoms with Crippen molar-refractivity contribution in [2.75, 3.05) is 27.5 Å². The van der Waals surface area contributed by atoms with Gasteiger partial charge in [0.2, 0.25) is 5.91 Å². The molecule has 0 atom stereocenters. The average Bonchev–Trinajstić information content (AvgIpc) is 2.93. The molecule has 10 nitrogen and oxygen atoms in total. The van der Waals surface area contributed by atoms with Crippen LogP contribution in [0, 0.1) is 0 Å². The van der Waals surface area contributed by atoms with Crippen molar-refractivity contribution in [3.05, 3.63) is 102 Å². The van der Waals surface area contributed by atoms with E-state index in [1.165, 1.54) is 60.8 Å². The summed E-state index contributed by atoms with van der Waals surface area (Å²) >= 11 is 5.94. The molecular weight excluding hydrogens is 576 g/mol. The van der Waals surface area contributed by atoms with Crippen molar-refractivity contribution in [2.45, 2.75) is 16.7 Å². The molecule has 0 spiro atoms. The van der Waals surface area contributed by atoms with Crippen LogP contribution in [0.3, 0.4) is 0 Å². The number of benzene rings is 3. The van der Waals surface area contributed by atoms with Crippen molar-refractivity contribution < 1.29 is 26.4 Å². The Morgan fingerprint density at radius 3 is 2.17 bits per heavy atom. The molecule has 4 rings (SSSR count). The topological polar surface area (TPSA) is 135 Å². The molecule has 0 radical (unpaired) electrons. The zero-order chi connectivity index (χ0) is 28.8. The van der Waals surface area contributed by atoms with E-state index in [1.807, 2.05) is 0 Å². The summed E-state index contributed by atoms with van der Waals surface area (Å²) in [6, 6.07) is 22.3. The first-order valence-electron chi connectivity index (χ1n) is 11.9. The minimum absolute atomic E-state index is 0.0475. The first-order valence-corrected chi connectivity index (χ1v) is 15.2. The molecule has 0 aliphatic carbocycles. The second-order valence-corrected chi connectivity index (χ2v) is 12.2. The highest BCUT2D eigenvalue weighted by Crippen LogP contribution is 2.33. The number of nitrogens with zero attached hydrogens (tertiary/aromatic N) is 2. The van der Waals surface area contributed by atoms with Crippen molar-refractivity contribution >= 4 is 54.7 Å². The average molecular weight is 601 g/mol. The van der Waals surface area contributed by atoms with Gasteiger partial charge in [0.1, 0.15) is 18.1 Å². The maximum Gasteiger partial charge on any atom is 0.264 e. The van der Waals surface area contributed by atoms with Gasteiger partial charge in [-0.3, -0.25) is 13.8 Å². The van der Waals surface area contributed by atoms with E-state index in [2.05, 4.69) is 15.0 Å². The molecular formula is C27H25ClN4O6S2. The quantitative estimate of drug-likeness (QED) is 0.253. The molecule has 0 unspecified atom stereocenters. The predicted molar refractivity (Wildman–Crippen MR) is 154 cm³/mol. The Balaban J connectivity index is 1.57. The maximum absolute atomic E-state index is 13.7. The van der Waals surface area contributed by atoms with Crippen LogP contribution in [0.15, 0.2) is 107 Å². The van der Waals surface area contributed by atoms with E-state index in [-0.39, 0.29) is 39.3 Å². The van der Waals surface area contributed by atoms with Gasteiger partial charge >= 0.3 is 0 Å². The number of nitrogens with one attached hydrogen (secondary N) is 2.